The summed E-state index contributed by atoms with van der Waals surface area (Å²) in [5.41, 5.74) is 7.15. The van der Waals surface area contributed by atoms with E-state index in [1.54, 1.807) is 91.0 Å². The number of para-hydroxylation sites is 4. The van der Waals surface area contributed by atoms with Crippen molar-refractivity contribution in [1.82, 2.24) is 4.90 Å². The number of phenolic OH excluding ortho intramolecular Hbond substituents is 2. The third kappa shape index (κ3) is 18.5. The average molecular weight is 794 g/mol. The molecule has 11 heteroatoms. The summed E-state index contributed by atoms with van der Waals surface area (Å²) in [5, 5.41) is 20.5. The van der Waals surface area contributed by atoms with Crippen LogP contribution < -0.4 is 11.1 Å². The molecule has 5 rings (SSSR count). The van der Waals surface area contributed by atoms with Gasteiger partial charge in [0, 0.05) is 33.3 Å². The van der Waals surface area contributed by atoms with E-state index < -0.39 is 5.24 Å². The number of hydrogen-bond donors (Lipinski definition) is 4. The fourth-order valence-corrected chi connectivity index (χ4v) is 4.28. The highest BCUT2D eigenvalue weighted by Gasteiger charge is 2.08. The minimum absolute atomic E-state index is 0.0537. The van der Waals surface area contributed by atoms with Crippen molar-refractivity contribution in [3.05, 3.63) is 117 Å². The van der Waals surface area contributed by atoms with E-state index in [9.17, 15) is 14.7 Å². The predicted molar refractivity (Wildman–Crippen MR) is 201 cm³/mol. The van der Waals surface area contributed by atoms with Gasteiger partial charge >= 0.3 is 0 Å². The minimum atomic E-state index is -0.424. The Hall–Kier alpha value is -3.41. The zero-order valence-electron chi connectivity index (χ0n) is 27.0. The topological polar surface area (TPSA) is 125 Å². The van der Waals surface area contributed by atoms with Crippen molar-refractivity contribution < 1.29 is 24.5 Å². The molecule has 1 fully saturated rings. The summed E-state index contributed by atoms with van der Waals surface area (Å²) in [4.78, 5) is 24.7. The smallest absolute Gasteiger partial charge is 0.255 e. The maximum Gasteiger partial charge on any atom is 0.255 e. The molecule has 1 aliphatic rings. The number of nitrogens with one attached hydrogen (secondary N) is 1. The van der Waals surface area contributed by atoms with Gasteiger partial charge in [0.15, 0.2) is 0 Å². The number of nitrogens with two attached hydrogens (primary N) is 1. The number of nitrogens with zero attached hydrogens (tertiary/aromatic N) is 1. The summed E-state index contributed by atoms with van der Waals surface area (Å²) in [7, 11) is 0. The van der Waals surface area contributed by atoms with E-state index in [0.717, 1.165) is 22.2 Å². The Morgan fingerprint density at radius 3 is 1.53 bits per heavy atom. The van der Waals surface area contributed by atoms with Crippen LogP contribution in [0, 0.1) is 0 Å². The highest BCUT2D eigenvalue weighted by molar-refractivity contribution is 9.10. The average Bonchev–Trinajstić information content (AvgIpc) is 3.67. The van der Waals surface area contributed by atoms with Crippen molar-refractivity contribution in [1.29, 1.82) is 0 Å². The third-order valence-corrected chi connectivity index (χ3v) is 7.71. The summed E-state index contributed by atoms with van der Waals surface area (Å²) in [5.74, 6) is -0.0514. The number of nitrogen functional groups attached to an aromatic ring is 1. The summed E-state index contributed by atoms with van der Waals surface area (Å²) >= 11 is 11.7. The van der Waals surface area contributed by atoms with Crippen molar-refractivity contribution in [3.8, 4) is 11.5 Å². The van der Waals surface area contributed by atoms with E-state index in [-0.39, 0.29) is 17.4 Å². The molecule has 1 aliphatic heterocycles. The standard InChI is InChI=1S/C13H10BrNO2.C7H4BrClO.C6H7NO.C6H15N.C4H8O/c14-10-7-5-9(6-8-10)13(17)15-11-3-1-2-4-12(11)16;8-6-3-1-5(2-4-6)7(9)10;7-5-3-1-2-4-6(5)8;1-4-7(5-2)6-3;1-2-4-5-3-1/h1-8,16H,(H,15,17);1-4H;1-4,8H,7H2;4-6H2,1-3H3;1-4H2. The van der Waals surface area contributed by atoms with E-state index in [2.05, 4.69) is 62.8 Å². The quantitative estimate of drug-likeness (QED) is 0.0872. The van der Waals surface area contributed by atoms with Crippen LogP contribution in [0.5, 0.6) is 11.5 Å². The van der Waals surface area contributed by atoms with Crippen molar-refractivity contribution in [2.24, 2.45) is 0 Å². The molecule has 0 atom stereocenters. The molecule has 0 bridgehead atoms. The molecule has 0 radical (unpaired) electrons. The largest absolute Gasteiger partial charge is 0.506 e. The van der Waals surface area contributed by atoms with Crippen molar-refractivity contribution in [3.63, 3.8) is 0 Å². The number of aromatic hydroxyl groups is 2. The van der Waals surface area contributed by atoms with Gasteiger partial charge in [-0.3, -0.25) is 9.59 Å². The molecule has 47 heavy (non-hydrogen) atoms. The molecule has 0 unspecified atom stereocenters. The lowest BCUT2D eigenvalue weighted by atomic mass is 10.2. The minimum Gasteiger partial charge on any atom is -0.506 e. The van der Waals surface area contributed by atoms with Crippen LogP contribution in [-0.2, 0) is 4.74 Å². The van der Waals surface area contributed by atoms with Gasteiger partial charge in [0.25, 0.3) is 11.1 Å². The van der Waals surface area contributed by atoms with Gasteiger partial charge in [0.1, 0.15) is 11.5 Å². The number of anilines is 2. The Bertz CT molecular complexity index is 1420. The molecule has 254 valence electrons. The Labute approximate surface area is 300 Å². The van der Waals surface area contributed by atoms with Gasteiger partial charge in [-0.1, -0.05) is 76.9 Å². The van der Waals surface area contributed by atoms with Crippen molar-refractivity contribution >= 4 is 66.0 Å². The van der Waals surface area contributed by atoms with E-state index in [1.807, 2.05) is 0 Å². The van der Waals surface area contributed by atoms with Gasteiger partial charge in [-0.25, -0.2) is 0 Å². The highest BCUT2D eigenvalue weighted by Crippen LogP contribution is 2.22. The normalized spacial score (nSPS) is 11.2. The van der Waals surface area contributed by atoms with Crippen LogP contribution >= 0.6 is 43.5 Å². The van der Waals surface area contributed by atoms with Crippen LogP contribution in [0.3, 0.4) is 0 Å². The Morgan fingerprint density at radius 1 is 0.745 bits per heavy atom. The summed E-state index contributed by atoms with van der Waals surface area (Å²) in [6.07, 6.45) is 2.56. The van der Waals surface area contributed by atoms with Crippen LogP contribution in [0.15, 0.2) is 106 Å². The molecule has 1 amide bonds. The molecular weight excluding hydrogens is 750 g/mol. The van der Waals surface area contributed by atoms with Crippen molar-refractivity contribution in [2.75, 3.05) is 43.9 Å². The Morgan fingerprint density at radius 2 is 1.19 bits per heavy atom. The number of halogens is 3. The Kier molecular flexibility index (Phi) is 21.9. The zero-order chi connectivity index (χ0) is 35.0. The van der Waals surface area contributed by atoms with Crippen LogP contribution in [0.25, 0.3) is 0 Å². The number of rotatable bonds is 6. The van der Waals surface area contributed by atoms with Crippen LogP contribution in [0.4, 0.5) is 11.4 Å². The summed E-state index contributed by atoms with van der Waals surface area (Å²) < 4.78 is 6.80. The van der Waals surface area contributed by atoms with Crippen molar-refractivity contribution in [2.45, 2.75) is 33.6 Å². The fraction of sp³-hybridized carbons (Fsp3) is 0.278. The first kappa shape index (κ1) is 41.6. The SMILES string of the molecule is C1CCOC1.CCN(CC)CC.Nc1ccccc1O.O=C(Cl)c1ccc(Br)cc1.O=C(Nc1ccccc1O)c1ccc(Br)cc1. The number of phenols is 2. The molecular formula is C36H44Br2ClN3O5. The first-order valence-corrected chi connectivity index (χ1v) is 17.1. The molecule has 0 saturated carbocycles. The van der Waals surface area contributed by atoms with E-state index >= 15 is 0 Å². The monoisotopic (exact) mass is 791 g/mol. The zero-order valence-corrected chi connectivity index (χ0v) is 30.9. The van der Waals surface area contributed by atoms with Gasteiger partial charge < -0.3 is 30.9 Å². The predicted octanol–water partition coefficient (Wildman–Crippen LogP) is 9.35. The van der Waals surface area contributed by atoms with Gasteiger partial charge in [0.05, 0.1) is 11.4 Å². The molecule has 1 saturated heterocycles. The van der Waals surface area contributed by atoms with Gasteiger partial charge in [-0.15, -0.1) is 0 Å². The summed E-state index contributed by atoms with van der Waals surface area (Å²) in [6, 6.07) is 27.2. The number of amides is 1. The van der Waals surface area contributed by atoms with Crippen LogP contribution in [-0.4, -0.2) is 59.1 Å². The second-order valence-corrected chi connectivity index (χ2v) is 11.9. The molecule has 8 nitrogen and oxygen atoms in total. The first-order chi connectivity index (χ1) is 22.5. The molecule has 0 aromatic heterocycles. The first-order valence-electron chi connectivity index (χ1n) is 15.2. The number of hydrogen-bond acceptors (Lipinski definition) is 7. The van der Waals surface area contributed by atoms with Gasteiger partial charge in [-0.2, -0.15) is 0 Å². The fourth-order valence-electron chi connectivity index (χ4n) is 3.62. The second-order valence-electron chi connectivity index (χ2n) is 9.76. The maximum atomic E-state index is 11.8. The summed E-state index contributed by atoms with van der Waals surface area (Å²) in [6.45, 7) is 12.1. The molecule has 4 aromatic rings. The molecule has 1 heterocycles. The third-order valence-electron chi connectivity index (χ3n) is 6.44. The van der Waals surface area contributed by atoms with E-state index in [1.165, 1.54) is 38.5 Å². The number of ether oxygens (including phenoxy) is 1. The lowest BCUT2D eigenvalue weighted by molar-refractivity contribution is 0.102. The van der Waals surface area contributed by atoms with Gasteiger partial charge in [0.2, 0.25) is 0 Å². The maximum absolute atomic E-state index is 11.8. The molecule has 4 aromatic carbocycles. The molecule has 5 N–H and O–H groups in total. The van der Waals surface area contributed by atoms with Crippen LogP contribution in [0.2, 0.25) is 0 Å². The lowest BCUT2D eigenvalue weighted by Crippen LogP contribution is -2.21. The number of carbonyl (C=O) groups is 2. The number of benzene rings is 4. The van der Waals surface area contributed by atoms with E-state index in [0.29, 0.717) is 22.5 Å². The van der Waals surface area contributed by atoms with E-state index in [4.69, 9.17) is 27.2 Å². The lowest BCUT2D eigenvalue weighted by Gasteiger charge is -2.13. The molecule has 0 aliphatic carbocycles. The second kappa shape index (κ2) is 24.7. The molecule has 0 spiro atoms. The highest BCUT2D eigenvalue weighted by atomic mass is 79.9. The van der Waals surface area contributed by atoms with Crippen LogP contribution in [0.1, 0.15) is 54.3 Å². The Balaban J connectivity index is 0.000000316. The number of carbonyl (C=O) groups excluding carboxylic acids is 2. The van der Waals surface area contributed by atoms with Gasteiger partial charge in [-0.05, 0) is 117 Å².